The highest BCUT2D eigenvalue weighted by molar-refractivity contribution is 7.89. The first-order chi connectivity index (χ1) is 13.7. The van der Waals surface area contributed by atoms with E-state index in [0.717, 1.165) is 16.7 Å². The Morgan fingerprint density at radius 3 is 2.31 bits per heavy atom. The zero-order valence-electron chi connectivity index (χ0n) is 17.6. The molecule has 3 rings (SSSR count). The molecule has 0 amide bonds. The standard InChI is InChI=1S/C23H30N2O3S/c1-17-8-10-23(11-9-17)29(27,28)25-16-21(13-19(3)26)24(4)15-22(25)14-20-7-5-6-18(2)12-20/h5-12,21-22H,13-16H2,1-4H3/t21-,22?/m0/s1. The second kappa shape index (κ2) is 8.78. The van der Waals surface area contributed by atoms with Gasteiger partial charge in [-0.3, -0.25) is 4.79 Å². The van der Waals surface area contributed by atoms with Gasteiger partial charge < -0.3 is 4.90 Å². The summed E-state index contributed by atoms with van der Waals surface area (Å²) in [5.41, 5.74) is 3.31. The number of hydrogen-bond donors (Lipinski definition) is 0. The number of likely N-dealkylation sites (N-methyl/N-ethyl adjacent to an activating group) is 1. The molecule has 29 heavy (non-hydrogen) atoms. The number of sulfonamides is 1. The van der Waals surface area contributed by atoms with Crippen LogP contribution in [0.2, 0.25) is 0 Å². The van der Waals surface area contributed by atoms with Gasteiger partial charge in [0.25, 0.3) is 0 Å². The van der Waals surface area contributed by atoms with Crippen LogP contribution in [0.3, 0.4) is 0 Å². The Morgan fingerprint density at radius 1 is 1.00 bits per heavy atom. The molecule has 1 aliphatic rings. The summed E-state index contributed by atoms with van der Waals surface area (Å²) in [6.45, 7) is 6.46. The number of hydrogen-bond acceptors (Lipinski definition) is 4. The van der Waals surface area contributed by atoms with Crippen LogP contribution < -0.4 is 0 Å². The van der Waals surface area contributed by atoms with E-state index < -0.39 is 10.0 Å². The summed E-state index contributed by atoms with van der Waals surface area (Å²) in [7, 11) is -1.68. The maximum atomic E-state index is 13.5. The van der Waals surface area contributed by atoms with Crippen LogP contribution in [0.25, 0.3) is 0 Å². The molecule has 2 aromatic rings. The van der Waals surface area contributed by atoms with Gasteiger partial charge in [-0.15, -0.1) is 0 Å². The van der Waals surface area contributed by atoms with E-state index in [2.05, 4.69) is 11.0 Å². The van der Waals surface area contributed by atoms with Crippen LogP contribution >= 0.6 is 0 Å². The van der Waals surface area contributed by atoms with Gasteiger partial charge in [0.1, 0.15) is 5.78 Å². The first kappa shape index (κ1) is 21.7. The lowest BCUT2D eigenvalue weighted by atomic mass is 9.99. The normalized spacial score (nSPS) is 21.2. The predicted octanol–water partition coefficient (Wildman–Crippen LogP) is 3.20. The Bertz CT molecular complexity index is 970. The number of rotatable bonds is 6. The van der Waals surface area contributed by atoms with Crippen molar-refractivity contribution in [2.45, 2.75) is 50.6 Å². The molecular formula is C23H30N2O3S. The molecule has 2 aromatic carbocycles. The summed E-state index contributed by atoms with van der Waals surface area (Å²) in [6.07, 6.45) is 0.998. The lowest BCUT2D eigenvalue weighted by Gasteiger charge is -2.44. The van der Waals surface area contributed by atoms with E-state index in [1.807, 2.05) is 51.2 Å². The van der Waals surface area contributed by atoms with E-state index in [1.165, 1.54) is 0 Å². The Labute approximate surface area is 174 Å². The van der Waals surface area contributed by atoms with E-state index in [1.54, 1.807) is 23.4 Å². The molecular weight excluding hydrogens is 384 g/mol. The number of nitrogens with zero attached hydrogens (tertiary/aromatic N) is 2. The molecule has 0 radical (unpaired) electrons. The number of carbonyl (C=O) groups is 1. The van der Waals surface area contributed by atoms with E-state index in [-0.39, 0.29) is 17.9 Å². The number of ketones is 1. The van der Waals surface area contributed by atoms with Crippen molar-refractivity contribution in [1.29, 1.82) is 0 Å². The Balaban J connectivity index is 1.95. The highest BCUT2D eigenvalue weighted by Gasteiger charge is 2.39. The minimum Gasteiger partial charge on any atom is -0.300 e. The molecule has 1 aliphatic heterocycles. The summed E-state index contributed by atoms with van der Waals surface area (Å²) in [5, 5.41) is 0. The average molecular weight is 415 g/mol. The van der Waals surface area contributed by atoms with Crippen molar-refractivity contribution in [2.75, 3.05) is 20.1 Å². The summed E-state index contributed by atoms with van der Waals surface area (Å²) < 4.78 is 28.7. The Kier molecular flexibility index (Phi) is 6.56. The van der Waals surface area contributed by atoms with Crippen molar-refractivity contribution in [3.8, 4) is 0 Å². The molecule has 1 saturated heterocycles. The van der Waals surface area contributed by atoms with Crippen LogP contribution in [0.5, 0.6) is 0 Å². The lowest BCUT2D eigenvalue weighted by Crippen LogP contribution is -2.59. The Hall–Kier alpha value is -2.02. The number of aryl methyl sites for hydroxylation is 2. The minimum absolute atomic E-state index is 0.0756. The number of carbonyl (C=O) groups excluding carboxylic acids is 1. The number of benzene rings is 2. The van der Waals surface area contributed by atoms with Gasteiger partial charge in [0.15, 0.2) is 0 Å². The van der Waals surface area contributed by atoms with Gasteiger partial charge in [-0.1, -0.05) is 47.5 Å². The van der Waals surface area contributed by atoms with Crippen molar-refractivity contribution in [3.63, 3.8) is 0 Å². The molecule has 0 saturated carbocycles. The highest BCUT2D eigenvalue weighted by atomic mass is 32.2. The van der Waals surface area contributed by atoms with Crippen LogP contribution in [-0.4, -0.2) is 55.6 Å². The fourth-order valence-electron chi connectivity index (χ4n) is 4.04. The third-order valence-corrected chi connectivity index (χ3v) is 7.56. The second-order valence-corrected chi connectivity index (χ2v) is 10.1. The molecule has 5 nitrogen and oxygen atoms in total. The molecule has 2 atom stereocenters. The highest BCUT2D eigenvalue weighted by Crippen LogP contribution is 2.27. The molecule has 0 N–H and O–H groups in total. The predicted molar refractivity (Wildman–Crippen MR) is 115 cm³/mol. The van der Waals surface area contributed by atoms with Gasteiger partial charge in [0.2, 0.25) is 10.0 Å². The van der Waals surface area contributed by atoms with Crippen LogP contribution in [0.4, 0.5) is 0 Å². The fourth-order valence-corrected chi connectivity index (χ4v) is 5.69. The summed E-state index contributed by atoms with van der Waals surface area (Å²) in [4.78, 5) is 14.2. The lowest BCUT2D eigenvalue weighted by molar-refractivity contribution is -0.118. The minimum atomic E-state index is -3.65. The zero-order valence-corrected chi connectivity index (χ0v) is 18.4. The smallest absolute Gasteiger partial charge is 0.243 e. The number of Topliss-reactive ketones (excluding diaryl/α,β-unsaturated/α-hetero) is 1. The average Bonchev–Trinajstić information content (AvgIpc) is 2.64. The van der Waals surface area contributed by atoms with Crippen molar-refractivity contribution in [2.24, 2.45) is 0 Å². The molecule has 156 valence electrons. The van der Waals surface area contributed by atoms with Crippen molar-refractivity contribution < 1.29 is 13.2 Å². The maximum Gasteiger partial charge on any atom is 0.243 e. The monoisotopic (exact) mass is 414 g/mol. The molecule has 1 heterocycles. The molecule has 0 bridgehead atoms. The van der Waals surface area contributed by atoms with Crippen LogP contribution in [0.15, 0.2) is 53.4 Å². The fraction of sp³-hybridized carbons (Fsp3) is 0.435. The van der Waals surface area contributed by atoms with Gasteiger partial charge in [-0.25, -0.2) is 8.42 Å². The van der Waals surface area contributed by atoms with E-state index in [9.17, 15) is 13.2 Å². The topological polar surface area (TPSA) is 57.7 Å². The SMILES string of the molecule is CC(=O)C[C@H]1CN(S(=O)(=O)c2ccc(C)cc2)C(Cc2cccc(C)c2)CN1C. The third-order valence-electron chi connectivity index (χ3n) is 5.62. The van der Waals surface area contributed by atoms with Gasteiger partial charge in [-0.2, -0.15) is 4.31 Å². The molecule has 0 aromatic heterocycles. The maximum absolute atomic E-state index is 13.5. The Morgan fingerprint density at radius 2 is 1.69 bits per heavy atom. The van der Waals surface area contributed by atoms with Gasteiger partial charge in [0, 0.05) is 31.6 Å². The molecule has 1 unspecified atom stereocenters. The van der Waals surface area contributed by atoms with Crippen LogP contribution in [-0.2, 0) is 21.2 Å². The van der Waals surface area contributed by atoms with E-state index >= 15 is 0 Å². The molecule has 0 aliphatic carbocycles. The summed E-state index contributed by atoms with van der Waals surface area (Å²) >= 11 is 0. The van der Waals surface area contributed by atoms with Crippen molar-refractivity contribution in [3.05, 3.63) is 65.2 Å². The van der Waals surface area contributed by atoms with Gasteiger partial charge in [0.05, 0.1) is 4.90 Å². The molecule has 0 spiro atoms. The van der Waals surface area contributed by atoms with Gasteiger partial charge in [-0.05, 0) is 51.9 Å². The van der Waals surface area contributed by atoms with E-state index in [4.69, 9.17) is 0 Å². The van der Waals surface area contributed by atoms with Crippen molar-refractivity contribution in [1.82, 2.24) is 9.21 Å². The summed E-state index contributed by atoms with van der Waals surface area (Å²) in [5.74, 6) is 0.0756. The first-order valence-electron chi connectivity index (χ1n) is 10.0. The quantitative estimate of drug-likeness (QED) is 0.728. The largest absolute Gasteiger partial charge is 0.300 e. The van der Waals surface area contributed by atoms with Gasteiger partial charge >= 0.3 is 0 Å². The second-order valence-electron chi connectivity index (χ2n) is 8.23. The zero-order chi connectivity index (χ0) is 21.2. The number of piperazine rings is 1. The summed E-state index contributed by atoms with van der Waals surface area (Å²) in [6, 6.07) is 14.9. The van der Waals surface area contributed by atoms with Crippen LogP contribution in [0, 0.1) is 13.8 Å². The first-order valence-corrected chi connectivity index (χ1v) is 11.4. The third kappa shape index (κ3) is 5.13. The van der Waals surface area contributed by atoms with Crippen molar-refractivity contribution >= 4 is 15.8 Å². The molecule has 1 fully saturated rings. The van der Waals surface area contributed by atoms with Crippen LogP contribution in [0.1, 0.15) is 30.0 Å². The van der Waals surface area contributed by atoms with E-state index in [0.29, 0.717) is 30.8 Å². The molecule has 6 heteroatoms.